The highest BCUT2D eigenvalue weighted by molar-refractivity contribution is 5.99. The number of likely N-dealkylation sites (N-methyl/N-ethyl adjacent to an activating group) is 1. The van der Waals surface area contributed by atoms with Crippen molar-refractivity contribution >= 4 is 17.6 Å². The SMILES string of the molecule is CCCCCCc1ccc(C(=O)N(CC)CC(=O)Nc2cc(-c3ccccc3)nn2-c2ccc(OC)cc2)cc1. The summed E-state index contributed by atoms with van der Waals surface area (Å²) in [5.74, 6) is 0.789. The minimum absolute atomic E-state index is 0.0669. The van der Waals surface area contributed by atoms with Gasteiger partial charge in [0.2, 0.25) is 5.91 Å². The van der Waals surface area contributed by atoms with E-state index in [0.29, 0.717) is 17.9 Å². The number of aromatic nitrogens is 2. The number of ether oxygens (including phenoxy) is 1. The van der Waals surface area contributed by atoms with Crippen LogP contribution in [0.15, 0.2) is 84.9 Å². The van der Waals surface area contributed by atoms with Crippen LogP contribution in [0.5, 0.6) is 5.75 Å². The van der Waals surface area contributed by atoms with Crippen LogP contribution in [0.1, 0.15) is 55.5 Å². The van der Waals surface area contributed by atoms with Gasteiger partial charge in [-0.25, -0.2) is 4.68 Å². The molecule has 1 N–H and O–H groups in total. The molecule has 208 valence electrons. The summed E-state index contributed by atoms with van der Waals surface area (Å²) in [5.41, 5.74) is 4.25. The van der Waals surface area contributed by atoms with E-state index in [1.165, 1.54) is 24.8 Å². The van der Waals surface area contributed by atoms with Gasteiger partial charge in [-0.15, -0.1) is 0 Å². The highest BCUT2D eigenvalue weighted by Crippen LogP contribution is 2.26. The molecule has 4 rings (SSSR count). The van der Waals surface area contributed by atoms with Crippen molar-refractivity contribution in [3.63, 3.8) is 0 Å². The van der Waals surface area contributed by atoms with Crippen LogP contribution in [0, 0.1) is 0 Å². The Hall–Kier alpha value is -4.39. The van der Waals surface area contributed by atoms with Gasteiger partial charge in [0.15, 0.2) is 0 Å². The van der Waals surface area contributed by atoms with E-state index in [0.717, 1.165) is 35.5 Å². The smallest absolute Gasteiger partial charge is 0.254 e. The fraction of sp³-hybridized carbons (Fsp3) is 0.303. The molecule has 0 fully saturated rings. The summed E-state index contributed by atoms with van der Waals surface area (Å²) < 4.78 is 6.98. The molecule has 0 atom stereocenters. The second kappa shape index (κ2) is 14.1. The third-order valence-electron chi connectivity index (χ3n) is 6.89. The van der Waals surface area contributed by atoms with Gasteiger partial charge in [-0.1, -0.05) is 68.7 Å². The largest absolute Gasteiger partial charge is 0.497 e. The Balaban J connectivity index is 1.48. The van der Waals surface area contributed by atoms with Crippen molar-refractivity contribution in [1.29, 1.82) is 0 Å². The molecule has 0 unspecified atom stereocenters. The normalized spacial score (nSPS) is 10.8. The van der Waals surface area contributed by atoms with E-state index < -0.39 is 0 Å². The van der Waals surface area contributed by atoms with Crippen LogP contribution in [0.25, 0.3) is 16.9 Å². The summed E-state index contributed by atoms with van der Waals surface area (Å²) in [6, 6.07) is 26.9. The highest BCUT2D eigenvalue weighted by atomic mass is 16.5. The Morgan fingerprint density at radius 2 is 1.62 bits per heavy atom. The highest BCUT2D eigenvalue weighted by Gasteiger charge is 2.20. The first kappa shape index (κ1) is 28.6. The van der Waals surface area contributed by atoms with Crippen LogP contribution in [0.2, 0.25) is 0 Å². The number of nitrogens with zero attached hydrogens (tertiary/aromatic N) is 3. The van der Waals surface area contributed by atoms with Crippen LogP contribution < -0.4 is 10.1 Å². The molecule has 40 heavy (non-hydrogen) atoms. The van der Waals surface area contributed by atoms with Crippen molar-refractivity contribution in [1.82, 2.24) is 14.7 Å². The number of anilines is 1. The molecule has 7 heteroatoms. The zero-order valence-corrected chi connectivity index (χ0v) is 23.6. The van der Waals surface area contributed by atoms with E-state index in [2.05, 4.69) is 12.2 Å². The predicted octanol–water partition coefficient (Wildman–Crippen LogP) is 6.77. The van der Waals surface area contributed by atoms with Crippen molar-refractivity contribution in [2.75, 3.05) is 25.5 Å². The number of unbranched alkanes of at least 4 members (excludes halogenated alkanes) is 3. The Bertz CT molecular complexity index is 1380. The molecule has 0 saturated carbocycles. The number of methoxy groups -OCH3 is 1. The lowest BCUT2D eigenvalue weighted by Crippen LogP contribution is -2.38. The van der Waals surface area contributed by atoms with Gasteiger partial charge in [0.05, 0.1) is 18.5 Å². The third-order valence-corrected chi connectivity index (χ3v) is 6.89. The standard InChI is InChI=1S/C33H38N4O3/c1-4-6-7-9-12-25-15-17-27(18-16-25)33(39)36(5-2)24-32(38)34-31-23-30(26-13-10-8-11-14-26)35-37(31)28-19-21-29(40-3)22-20-28/h8,10-11,13-23H,4-7,9,12,24H2,1-3H3,(H,34,38). The monoisotopic (exact) mass is 538 g/mol. The number of rotatable bonds is 13. The minimum atomic E-state index is -0.294. The minimum Gasteiger partial charge on any atom is -0.497 e. The molecule has 1 aromatic heterocycles. The number of nitrogens with one attached hydrogen (secondary N) is 1. The number of carbonyl (C=O) groups is 2. The molecule has 2 amide bonds. The molecule has 4 aromatic rings. The lowest BCUT2D eigenvalue weighted by Gasteiger charge is -2.20. The van der Waals surface area contributed by atoms with Gasteiger partial charge >= 0.3 is 0 Å². The third kappa shape index (κ3) is 7.38. The molecule has 0 spiro atoms. The topological polar surface area (TPSA) is 76.5 Å². The summed E-state index contributed by atoms with van der Waals surface area (Å²) in [6.07, 6.45) is 5.85. The van der Waals surface area contributed by atoms with E-state index in [-0.39, 0.29) is 18.4 Å². The van der Waals surface area contributed by atoms with Crippen LogP contribution >= 0.6 is 0 Å². The molecule has 0 bridgehead atoms. The van der Waals surface area contributed by atoms with E-state index in [1.54, 1.807) is 16.7 Å². The summed E-state index contributed by atoms with van der Waals surface area (Å²) >= 11 is 0. The summed E-state index contributed by atoms with van der Waals surface area (Å²) in [5, 5.41) is 7.74. The zero-order chi connectivity index (χ0) is 28.3. The first-order valence-electron chi connectivity index (χ1n) is 14.0. The van der Waals surface area contributed by atoms with E-state index in [4.69, 9.17) is 9.84 Å². The van der Waals surface area contributed by atoms with Crippen LogP contribution in [-0.2, 0) is 11.2 Å². The fourth-order valence-corrected chi connectivity index (χ4v) is 4.58. The summed E-state index contributed by atoms with van der Waals surface area (Å²) in [4.78, 5) is 28.0. The molecule has 0 aliphatic rings. The van der Waals surface area contributed by atoms with E-state index >= 15 is 0 Å². The number of carbonyl (C=O) groups excluding carboxylic acids is 2. The number of aryl methyl sites for hydroxylation is 1. The second-order valence-electron chi connectivity index (χ2n) is 9.77. The van der Waals surface area contributed by atoms with Crippen molar-refractivity contribution in [2.45, 2.75) is 46.0 Å². The van der Waals surface area contributed by atoms with Gasteiger partial charge in [-0.3, -0.25) is 9.59 Å². The maximum atomic E-state index is 13.2. The zero-order valence-electron chi connectivity index (χ0n) is 23.6. The Labute approximate surface area is 236 Å². The molecule has 0 saturated heterocycles. The first-order valence-corrected chi connectivity index (χ1v) is 14.0. The van der Waals surface area contributed by atoms with Gasteiger partial charge in [0.25, 0.3) is 5.91 Å². The molecular weight excluding hydrogens is 500 g/mol. The van der Waals surface area contributed by atoms with Crippen LogP contribution in [-0.4, -0.2) is 46.7 Å². The van der Waals surface area contributed by atoms with E-state index in [9.17, 15) is 9.59 Å². The van der Waals surface area contributed by atoms with Gasteiger partial charge in [-0.05, 0) is 61.7 Å². The average molecular weight is 539 g/mol. The van der Waals surface area contributed by atoms with E-state index in [1.807, 2.05) is 91.9 Å². The van der Waals surface area contributed by atoms with Crippen molar-refractivity contribution in [3.05, 3.63) is 96.1 Å². The summed E-state index contributed by atoms with van der Waals surface area (Å²) in [6.45, 7) is 4.43. The van der Waals surface area contributed by atoms with Gasteiger partial charge in [-0.2, -0.15) is 5.10 Å². The summed E-state index contributed by atoms with van der Waals surface area (Å²) in [7, 11) is 1.62. The van der Waals surface area contributed by atoms with Gasteiger partial charge < -0.3 is 15.0 Å². The molecule has 7 nitrogen and oxygen atoms in total. The molecule has 3 aromatic carbocycles. The number of benzene rings is 3. The molecular formula is C33H38N4O3. The van der Waals surface area contributed by atoms with Crippen LogP contribution in [0.3, 0.4) is 0 Å². The maximum absolute atomic E-state index is 13.2. The fourth-order valence-electron chi connectivity index (χ4n) is 4.58. The average Bonchev–Trinajstić information content (AvgIpc) is 3.42. The molecule has 0 aliphatic heterocycles. The molecule has 0 radical (unpaired) electrons. The Morgan fingerprint density at radius 3 is 2.27 bits per heavy atom. The number of amides is 2. The lowest BCUT2D eigenvalue weighted by atomic mass is 10.0. The number of hydrogen-bond acceptors (Lipinski definition) is 4. The van der Waals surface area contributed by atoms with Crippen molar-refractivity contribution in [3.8, 4) is 22.7 Å². The Morgan fingerprint density at radius 1 is 0.900 bits per heavy atom. The molecule has 0 aliphatic carbocycles. The van der Waals surface area contributed by atoms with Gasteiger partial charge in [0.1, 0.15) is 18.1 Å². The second-order valence-corrected chi connectivity index (χ2v) is 9.77. The van der Waals surface area contributed by atoms with Crippen LogP contribution in [0.4, 0.5) is 5.82 Å². The van der Waals surface area contributed by atoms with Crippen molar-refractivity contribution in [2.24, 2.45) is 0 Å². The maximum Gasteiger partial charge on any atom is 0.254 e. The predicted molar refractivity (Wildman–Crippen MR) is 160 cm³/mol. The lowest BCUT2D eigenvalue weighted by molar-refractivity contribution is -0.116. The molecule has 1 heterocycles. The van der Waals surface area contributed by atoms with Gasteiger partial charge in [0, 0.05) is 23.7 Å². The quantitative estimate of drug-likeness (QED) is 0.191. The van der Waals surface area contributed by atoms with Crippen molar-refractivity contribution < 1.29 is 14.3 Å². The Kier molecular flexibility index (Phi) is 10.1. The number of hydrogen-bond donors (Lipinski definition) is 1. The first-order chi connectivity index (χ1) is 19.5.